The second kappa shape index (κ2) is 13.1. The van der Waals surface area contributed by atoms with Crippen molar-refractivity contribution < 1.29 is 9.47 Å². The maximum Gasteiger partial charge on any atom is 0.191 e. The first kappa shape index (κ1) is 24.8. The molecule has 0 saturated carbocycles. The molecular weight excluding hydrogens is 467 g/mol. The van der Waals surface area contributed by atoms with Crippen LogP contribution in [0, 0.1) is 5.92 Å². The van der Waals surface area contributed by atoms with Gasteiger partial charge < -0.3 is 25.0 Å². The standard InChI is InChI=1S/C21H36N4O2.HI/c1-16(2)15-25-11-9-18(10-12-25)24-21(22-4)23-14-17(3)27-20-8-6-7-19(13-20)26-5;/h6-8,13,16-18H,9-12,14-15H2,1-5H3,(H2,22,23,24);1H. The van der Waals surface area contributed by atoms with Crippen LogP contribution in [-0.4, -0.2) is 63.3 Å². The van der Waals surface area contributed by atoms with Crippen molar-refractivity contribution in [2.75, 3.05) is 40.3 Å². The predicted molar refractivity (Wildman–Crippen MR) is 127 cm³/mol. The third-order valence-corrected chi connectivity index (χ3v) is 4.71. The molecule has 1 heterocycles. The van der Waals surface area contributed by atoms with Gasteiger partial charge in [0.25, 0.3) is 0 Å². The van der Waals surface area contributed by atoms with Crippen LogP contribution in [0.25, 0.3) is 0 Å². The van der Waals surface area contributed by atoms with Crippen LogP contribution in [0.15, 0.2) is 29.3 Å². The fourth-order valence-corrected chi connectivity index (χ4v) is 3.35. The van der Waals surface area contributed by atoms with Gasteiger partial charge in [-0.2, -0.15) is 0 Å². The Labute approximate surface area is 187 Å². The summed E-state index contributed by atoms with van der Waals surface area (Å²) in [7, 11) is 3.48. The van der Waals surface area contributed by atoms with Crippen molar-refractivity contribution in [2.45, 2.75) is 45.8 Å². The van der Waals surface area contributed by atoms with E-state index >= 15 is 0 Å². The third kappa shape index (κ3) is 8.86. The Balaban J connectivity index is 0.00000392. The van der Waals surface area contributed by atoms with Gasteiger partial charge in [0, 0.05) is 38.8 Å². The first-order chi connectivity index (χ1) is 13.0. The monoisotopic (exact) mass is 504 g/mol. The van der Waals surface area contributed by atoms with E-state index in [2.05, 4.69) is 34.4 Å². The van der Waals surface area contributed by atoms with Crippen molar-refractivity contribution in [2.24, 2.45) is 10.9 Å². The number of hydrogen-bond acceptors (Lipinski definition) is 4. The maximum atomic E-state index is 5.96. The fourth-order valence-electron chi connectivity index (χ4n) is 3.35. The average Bonchev–Trinajstić information content (AvgIpc) is 2.66. The van der Waals surface area contributed by atoms with Crippen molar-refractivity contribution in [3.8, 4) is 11.5 Å². The highest BCUT2D eigenvalue weighted by atomic mass is 127. The number of ether oxygens (including phenoxy) is 2. The smallest absolute Gasteiger partial charge is 0.191 e. The molecule has 1 fully saturated rings. The molecule has 1 aliphatic rings. The molecule has 160 valence electrons. The van der Waals surface area contributed by atoms with Gasteiger partial charge in [-0.1, -0.05) is 19.9 Å². The lowest BCUT2D eigenvalue weighted by Crippen LogP contribution is -2.50. The number of likely N-dealkylation sites (tertiary alicyclic amines) is 1. The van der Waals surface area contributed by atoms with Crippen LogP contribution in [0.4, 0.5) is 0 Å². The van der Waals surface area contributed by atoms with Crippen LogP contribution in [-0.2, 0) is 0 Å². The van der Waals surface area contributed by atoms with Gasteiger partial charge in [0.1, 0.15) is 17.6 Å². The molecule has 1 aliphatic heterocycles. The number of guanidine groups is 1. The summed E-state index contributed by atoms with van der Waals surface area (Å²) in [6, 6.07) is 8.16. The van der Waals surface area contributed by atoms with Crippen molar-refractivity contribution in [1.29, 1.82) is 0 Å². The minimum atomic E-state index is 0. The van der Waals surface area contributed by atoms with Crippen LogP contribution < -0.4 is 20.1 Å². The van der Waals surface area contributed by atoms with Crippen molar-refractivity contribution >= 4 is 29.9 Å². The molecule has 0 bridgehead atoms. The summed E-state index contributed by atoms with van der Waals surface area (Å²) < 4.78 is 11.2. The van der Waals surface area contributed by atoms with E-state index in [1.165, 1.54) is 6.54 Å². The second-order valence-electron chi connectivity index (χ2n) is 7.67. The first-order valence-corrected chi connectivity index (χ1v) is 10.0. The minimum Gasteiger partial charge on any atom is -0.497 e. The van der Waals surface area contributed by atoms with Gasteiger partial charge in [0.05, 0.1) is 13.7 Å². The number of hydrogen-bond donors (Lipinski definition) is 2. The molecular formula is C21H37IN4O2. The summed E-state index contributed by atoms with van der Waals surface area (Å²) in [5.41, 5.74) is 0. The van der Waals surface area contributed by atoms with Crippen LogP contribution in [0.2, 0.25) is 0 Å². The van der Waals surface area contributed by atoms with Gasteiger partial charge >= 0.3 is 0 Å². The van der Waals surface area contributed by atoms with Crippen LogP contribution in [0.5, 0.6) is 11.5 Å². The summed E-state index contributed by atoms with van der Waals surface area (Å²) in [6.45, 7) is 10.8. The summed E-state index contributed by atoms with van der Waals surface area (Å²) in [6.07, 6.45) is 2.33. The predicted octanol–water partition coefficient (Wildman–Crippen LogP) is 3.37. The molecule has 1 unspecified atom stereocenters. The average molecular weight is 504 g/mol. The van der Waals surface area contributed by atoms with Gasteiger partial charge in [-0.05, 0) is 37.8 Å². The van der Waals surface area contributed by atoms with E-state index in [-0.39, 0.29) is 30.1 Å². The SMILES string of the molecule is CN=C(NCC(C)Oc1cccc(OC)c1)NC1CCN(CC(C)C)CC1.I. The molecule has 1 atom stereocenters. The molecule has 0 amide bonds. The Hall–Kier alpha value is -1.22. The first-order valence-electron chi connectivity index (χ1n) is 10.0. The van der Waals surface area contributed by atoms with Gasteiger partial charge in [-0.15, -0.1) is 24.0 Å². The molecule has 2 rings (SSSR count). The topological polar surface area (TPSA) is 58.1 Å². The van der Waals surface area contributed by atoms with E-state index in [0.717, 1.165) is 49.3 Å². The lowest BCUT2D eigenvalue weighted by atomic mass is 10.0. The number of benzene rings is 1. The molecule has 0 spiro atoms. The summed E-state index contributed by atoms with van der Waals surface area (Å²) in [5.74, 6) is 3.19. The quantitative estimate of drug-likeness (QED) is 0.323. The highest BCUT2D eigenvalue weighted by Gasteiger charge is 2.20. The highest BCUT2D eigenvalue weighted by molar-refractivity contribution is 14.0. The zero-order valence-corrected chi connectivity index (χ0v) is 20.2. The molecule has 2 N–H and O–H groups in total. The van der Waals surface area contributed by atoms with E-state index in [4.69, 9.17) is 9.47 Å². The van der Waals surface area contributed by atoms with Gasteiger partial charge in [-0.25, -0.2) is 0 Å². The third-order valence-electron chi connectivity index (χ3n) is 4.71. The molecule has 0 radical (unpaired) electrons. The molecule has 6 nitrogen and oxygen atoms in total. The Morgan fingerprint density at radius 1 is 1.21 bits per heavy atom. The molecule has 28 heavy (non-hydrogen) atoms. The highest BCUT2D eigenvalue weighted by Crippen LogP contribution is 2.19. The second-order valence-corrected chi connectivity index (χ2v) is 7.67. The number of methoxy groups -OCH3 is 1. The number of rotatable bonds is 8. The molecule has 1 saturated heterocycles. The molecule has 0 aromatic heterocycles. The van der Waals surface area contributed by atoms with Crippen molar-refractivity contribution in [1.82, 2.24) is 15.5 Å². The van der Waals surface area contributed by atoms with E-state index in [1.807, 2.05) is 38.2 Å². The zero-order chi connectivity index (χ0) is 19.6. The molecule has 7 heteroatoms. The van der Waals surface area contributed by atoms with Crippen LogP contribution in [0.1, 0.15) is 33.6 Å². The van der Waals surface area contributed by atoms with Crippen LogP contribution >= 0.6 is 24.0 Å². The number of nitrogens with zero attached hydrogens (tertiary/aromatic N) is 2. The number of halogens is 1. The van der Waals surface area contributed by atoms with Crippen LogP contribution in [0.3, 0.4) is 0 Å². The van der Waals surface area contributed by atoms with Gasteiger partial charge in [-0.3, -0.25) is 4.99 Å². The van der Waals surface area contributed by atoms with Crippen molar-refractivity contribution in [3.63, 3.8) is 0 Å². The van der Waals surface area contributed by atoms with Gasteiger partial charge in [0.2, 0.25) is 0 Å². The van der Waals surface area contributed by atoms with Gasteiger partial charge in [0.15, 0.2) is 5.96 Å². The number of aliphatic imine (C=N–C) groups is 1. The summed E-state index contributed by atoms with van der Waals surface area (Å²) in [4.78, 5) is 6.92. The van der Waals surface area contributed by atoms with E-state index in [0.29, 0.717) is 12.6 Å². The van der Waals surface area contributed by atoms with E-state index < -0.39 is 0 Å². The molecule has 0 aliphatic carbocycles. The van der Waals surface area contributed by atoms with Crippen molar-refractivity contribution in [3.05, 3.63) is 24.3 Å². The Kier molecular flexibility index (Phi) is 11.6. The van der Waals surface area contributed by atoms with E-state index in [9.17, 15) is 0 Å². The Morgan fingerprint density at radius 3 is 2.50 bits per heavy atom. The Morgan fingerprint density at radius 2 is 1.89 bits per heavy atom. The maximum absolute atomic E-state index is 5.96. The lowest BCUT2D eigenvalue weighted by Gasteiger charge is -2.34. The zero-order valence-electron chi connectivity index (χ0n) is 17.9. The Bertz CT molecular complexity index is 590. The fraction of sp³-hybridized carbons (Fsp3) is 0.667. The van der Waals surface area contributed by atoms with E-state index in [1.54, 1.807) is 7.11 Å². The normalized spacial score (nSPS) is 17.0. The lowest BCUT2D eigenvalue weighted by molar-refractivity contribution is 0.186. The molecule has 1 aromatic carbocycles. The number of piperidine rings is 1. The molecule has 1 aromatic rings. The largest absolute Gasteiger partial charge is 0.497 e. The number of nitrogens with one attached hydrogen (secondary N) is 2. The summed E-state index contributed by atoms with van der Waals surface area (Å²) >= 11 is 0. The minimum absolute atomic E-state index is 0. The summed E-state index contributed by atoms with van der Waals surface area (Å²) in [5, 5.41) is 6.93.